The maximum Gasteiger partial charge on any atom is 0.238 e. The number of hydrogen-bond donors (Lipinski definition) is 0. The van der Waals surface area contributed by atoms with E-state index in [1.165, 1.54) is 39.9 Å². The van der Waals surface area contributed by atoms with Gasteiger partial charge in [0.05, 0.1) is 23.2 Å². The van der Waals surface area contributed by atoms with Crippen LogP contribution < -0.4 is 4.90 Å². The zero-order valence-electron chi connectivity index (χ0n) is 15.5. The molecule has 0 saturated carbocycles. The highest BCUT2D eigenvalue weighted by Crippen LogP contribution is 2.26. The first-order valence-corrected chi connectivity index (χ1v) is 11.6. The van der Waals surface area contributed by atoms with Gasteiger partial charge in [-0.15, -0.1) is 5.10 Å². The van der Waals surface area contributed by atoms with Gasteiger partial charge in [0.2, 0.25) is 11.1 Å². The molecule has 30 heavy (non-hydrogen) atoms. The smallest absolute Gasteiger partial charge is 0.238 e. The Kier molecular flexibility index (Phi) is 5.64. The molecule has 0 N–H and O–H groups in total. The second kappa shape index (κ2) is 8.36. The van der Waals surface area contributed by atoms with Gasteiger partial charge in [-0.1, -0.05) is 30.0 Å². The minimum absolute atomic E-state index is 0.0328. The summed E-state index contributed by atoms with van der Waals surface area (Å²) in [7, 11) is -3.38. The van der Waals surface area contributed by atoms with Crippen molar-refractivity contribution in [2.75, 3.05) is 16.4 Å². The van der Waals surface area contributed by atoms with Crippen LogP contribution in [0, 0.1) is 5.82 Å². The minimum Gasteiger partial charge on any atom is -0.304 e. The normalized spacial score (nSPS) is 17.2. The maximum atomic E-state index is 13.3. The predicted molar refractivity (Wildman–Crippen MR) is 110 cm³/mol. The van der Waals surface area contributed by atoms with Crippen molar-refractivity contribution in [3.63, 3.8) is 0 Å². The monoisotopic (exact) mass is 445 g/mol. The van der Waals surface area contributed by atoms with E-state index in [0.717, 1.165) is 22.9 Å². The number of para-hydroxylation sites is 1. The molecule has 0 spiro atoms. The summed E-state index contributed by atoms with van der Waals surface area (Å²) in [5.41, 5.74) is 1.16. The van der Waals surface area contributed by atoms with Crippen LogP contribution in [-0.4, -0.2) is 52.1 Å². The van der Waals surface area contributed by atoms with E-state index in [0.29, 0.717) is 10.8 Å². The lowest BCUT2D eigenvalue weighted by Crippen LogP contribution is -2.42. The summed E-state index contributed by atoms with van der Waals surface area (Å²) in [6.07, 6.45) is 1.47. The quantitative estimate of drug-likeness (QED) is 0.537. The number of amides is 1. The van der Waals surface area contributed by atoms with E-state index in [1.54, 1.807) is 0 Å². The van der Waals surface area contributed by atoms with Crippen LogP contribution in [0.25, 0.3) is 5.69 Å². The van der Waals surface area contributed by atoms with E-state index in [-0.39, 0.29) is 17.4 Å². The van der Waals surface area contributed by atoms with Crippen LogP contribution in [0.1, 0.15) is 0 Å². The summed E-state index contributed by atoms with van der Waals surface area (Å²) in [5, 5.41) is 13.1. The number of carbonyl (C=O) groups excluding carboxylic acids is 1. The highest BCUT2D eigenvalue weighted by molar-refractivity contribution is 7.99. The lowest BCUT2D eigenvalue weighted by atomic mass is 10.2. The van der Waals surface area contributed by atoms with Gasteiger partial charge in [0.15, 0.2) is 9.84 Å². The third-order valence-electron chi connectivity index (χ3n) is 4.38. The van der Waals surface area contributed by atoms with Crippen molar-refractivity contribution in [1.29, 1.82) is 0 Å². The molecule has 4 rings (SSSR count). The van der Waals surface area contributed by atoms with Gasteiger partial charge in [-0.05, 0) is 52.9 Å². The van der Waals surface area contributed by atoms with Gasteiger partial charge in [0.1, 0.15) is 5.82 Å². The molecular weight excluding hydrogens is 429 g/mol. The van der Waals surface area contributed by atoms with Crippen LogP contribution in [0.15, 0.2) is 71.2 Å². The van der Waals surface area contributed by atoms with Crippen molar-refractivity contribution in [2.24, 2.45) is 0 Å². The van der Waals surface area contributed by atoms with Crippen molar-refractivity contribution >= 4 is 33.2 Å². The Morgan fingerprint density at radius 1 is 1.17 bits per heavy atom. The first-order chi connectivity index (χ1) is 14.4. The molecule has 154 valence electrons. The number of nitrogens with zero attached hydrogens (tertiary/aromatic N) is 5. The van der Waals surface area contributed by atoms with E-state index in [1.807, 2.05) is 30.3 Å². The van der Waals surface area contributed by atoms with E-state index >= 15 is 0 Å². The maximum absolute atomic E-state index is 13.3. The number of halogens is 1. The van der Waals surface area contributed by atoms with E-state index < -0.39 is 21.7 Å². The van der Waals surface area contributed by atoms with Crippen LogP contribution in [-0.2, 0) is 14.6 Å². The van der Waals surface area contributed by atoms with Crippen LogP contribution in [0.2, 0.25) is 0 Å². The lowest BCUT2D eigenvalue weighted by molar-refractivity contribution is -0.116. The Balaban J connectivity index is 1.55. The molecule has 1 amide bonds. The molecule has 3 aromatic rings. The SMILES string of the molecule is O=C(CSc1nnnn1-c1ccccc1)N(c1ccc(F)cc1)[C@@H]1C=CS(=O)(=O)C1. The van der Waals surface area contributed by atoms with Gasteiger partial charge in [0, 0.05) is 11.1 Å². The van der Waals surface area contributed by atoms with Gasteiger partial charge in [-0.2, -0.15) is 4.68 Å². The number of tetrazole rings is 1. The predicted octanol–water partition coefficient (Wildman–Crippen LogP) is 2.24. The molecule has 11 heteroatoms. The number of hydrogen-bond acceptors (Lipinski definition) is 7. The molecule has 2 heterocycles. The second-order valence-corrected chi connectivity index (χ2v) is 9.34. The van der Waals surface area contributed by atoms with Gasteiger partial charge in [-0.3, -0.25) is 4.79 Å². The number of anilines is 1. The largest absolute Gasteiger partial charge is 0.304 e. The molecule has 0 aliphatic carbocycles. The van der Waals surface area contributed by atoms with Crippen LogP contribution in [0.5, 0.6) is 0 Å². The zero-order chi connectivity index (χ0) is 21.1. The van der Waals surface area contributed by atoms with Crippen molar-refractivity contribution < 1.29 is 17.6 Å². The topological polar surface area (TPSA) is 98.1 Å². The summed E-state index contributed by atoms with van der Waals surface area (Å²) in [6, 6.07) is 13.9. The second-order valence-electron chi connectivity index (χ2n) is 6.46. The summed E-state index contributed by atoms with van der Waals surface area (Å²) in [4.78, 5) is 14.4. The molecule has 0 radical (unpaired) electrons. The average molecular weight is 446 g/mol. The molecule has 8 nitrogen and oxygen atoms in total. The van der Waals surface area contributed by atoms with Gasteiger partial charge < -0.3 is 4.90 Å². The Morgan fingerprint density at radius 3 is 2.57 bits per heavy atom. The molecular formula is C19H16FN5O3S2. The first kappa shape index (κ1) is 20.2. The van der Waals surface area contributed by atoms with E-state index in [9.17, 15) is 17.6 Å². The molecule has 0 unspecified atom stereocenters. The third kappa shape index (κ3) is 4.41. The standard InChI is InChI=1S/C19H16FN5O3S2/c20-14-6-8-15(9-7-14)24(17-10-11-30(27,28)13-17)18(26)12-29-19-21-22-23-25(19)16-4-2-1-3-5-16/h1-11,17H,12-13H2/t17-/m1/s1. The average Bonchev–Trinajstić information content (AvgIpc) is 3.35. The number of rotatable bonds is 6. The summed E-state index contributed by atoms with van der Waals surface area (Å²) in [5.74, 6) is -1.05. The van der Waals surface area contributed by atoms with Crippen molar-refractivity contribution in [1.82, 2.24) is 20.2 Å². The van der Waals surface area contributed by atoms with Crippen LogP contribution in [0.3, 0.4) is 0 Å². The molecule has 1 atom stereocenters. The number of carbonyl (C=O) groups is 1. The van der Waals surface area contributed by atoms with Crippen LogP contribution in [0.4, 0.5) is 10.1 Å². The minimum atomic E-state index is -3.38. The summed E-state index contributed by atoms with van der Waals surface area (Å²) < 4.78 is 38.6. The van der Waals surface area contributed by atoms with E-state index in [2.05, 4.69) is 15.5 Å². The Hall–Kier alpha value is -3.05. The summed E-state index contributed by atoms with van der Waals surface area (Å²) >= 11 is 1.13. The van der Waals surface area contributed by atoms with Crippen molar-refractivity contribution in [3.05, 3.63) is 71.9 Å². The lowest BCUT2D eigenvalue weighted by Gasteiger charge is -2.27. The van der Waals surface area contributed by atoms with Gasteiger partial charge in [0.25, 0.3) is 0 Å². The molecule has 1 aliphatic heterocycles. The fourth-order valence-electron chi connectivity index (χ4n) is 3.04. The fourth-order valence-corrected chi connectivity index (χ4v) is 5.06. The molecule has 1 aromatic heterocycles. The van der Waals surface area contributed by atoms with E-state index in [4.69, 9.17) is 0 Å². The Morgan fingerprint density at radius 2 is 1.90 bits per heavy atom. The molecule has 1 aliphatic rings. The first-order valence-electron chi connectivity index (χ1n) is 8.88. The molecule has 0 fully saturated rings. The highest BCUT2D eigenvalue weighted by Gasteiger charge is 2.31. The molecule has 0 bridgehead atoms. The molecule has 2 aromatic carbocycles. The van der Waals surface area contributed by atoms with Gasteiger partial charge >= 0.3 is 0 Å². The number of benzene rings is 2. The van der Waals surface area contributed by atoms with Crippen molar-refractivity contribution in [2.45, 2.75) is 11.2 Å². The Bertz CT molecular complexity index is 1180. The third-order valence-corrected chi connectivity index (χ3v) is 6.66. The summed E-state index contributed by atoms with van der Waals surface area (Å²) in [6.45, 7) is 0. The Labute approximate surface area is 176 Å². The van der Waals surface area contributed by atoms with Gasteiger partial charge in [-0.25, -0.2) is 12.8 Å². The zero-order valence-corrected chi connectivity index (χ0v) is 17.1. The number of aromatic nitrogens is 4. The number of sulfone groups is 1. The van der Waals surface area contributed by atoms with Crippen LogP contribution >= 0.6 is 11.8 Å². The number of thioether (sulfide) groups is 1. The molecule has 0 saturated heterocycles. The highest BCUT2D eigenvalue weighted by atomic mass is 32.2. The fraction of sp³-hybridized carbons (Fsp3) is 0.158. The van der Waals surface area contributed by atoms with Crippen molar-refractivity contribution in [3.8, 4) is 5.69 Å².